The Hall–Kier alpha value is -1.10. The fraction of sp³-hybridized carbons (Fsp3) is 0.818. The summed E-state index contributed by atoms with van der Waals surface area (Å²) in [6, 6.07) is 0.263. The Morgan fingerprint density at radius 3 is 2.81 bits per heavy atom. The van der Waals surface area contributed by atoms with Crippen molar-refractivity contribution in [1.29, 1.82) is 0 Å². The highest BCUT2D eigenvalue weighted by Crippen LogP contribution is 2.12. The van der Waals surface area contributed by atoms with Crippen molar-refractivity contribution in [3.8, 4) is 0 Å². The number of carbonyl (C=O) groups excluding carboxylic acids is 2. The van der Waals surface area contributed by atoms with Crippen LogP contribution >= 0.6 is 0 Å². The Bertz CT molecular complexity index is 264. The molecule has 2 heterocycles. The second-order valence-electron chi connectivity index (χ2n) is 4.59. The molecular formula is C11H19N3O2. The molecule has 2 atom stereocenters. The van der Waals surface area contributed by atoms with Crippen molar-refractivity contribution in [2.24, 2.45) is 5.92 Å². The van der Waals surface area contributed by atoms with Crippen LogP contribution in [0.4, 0.5) is 0 Å². The quantitative estimate of drug-likeness (QED) is 0.586. The fourth-order valence-corrected chi connectivity index (χ4v) is 2.25. The number of carbonyl (C=O) groups is 2. The first-order chi connectivity index (χ1) is 7.75. The summed E-state index contributed by atoms with van der Waals surface area (Å²) in [5.74, 6) is 0.108. The van der Waals surface area contributed by atoms with E-state index in [2.05, 4.69) is 16.0 Å². The van der Waals surface area contributed by atoms with E-state index in [1.165, 1.54) is 0 Å². The van der Waals surface area contributed by atoms with Gasteiger partial charge in [0.2, 0.25) is 11.8 Å². The monoisotopic (exact) mass is 225 g/mol. The van der Waals surface area contributed by atoms with Crippen molar-refractivity contribution in [3.63, 3.8) is 0 Å². The van der Waals surface area contributed by atoms with Crippen LogP contribution in [0.2, 0.25) is 0 Å². The van der Waals surface area contributed by atoms with Gasteiger partial charge >= 0.3 is 0 Å². The topological polar surface area (TPSA) is 70.2 Å². The third-order valence-corrected chi connectivity index (χ3v) is 3.28. The van der Waals surface area contributed by atoms with E-state index in [1.807, 2.05) is 0 Å². The lowest BCUT2D eigenvalue weighted by Gasteiger charge is -2.27. The van der Waals surface area contributed by atoms with Crippen LogP contribution in [-0.4, -0.2) is 37.5 Å². The van der Waals surface area contributed by atoms with Gasteiger partial charge < -0.3 is 16.0 Å². The first-order valence-electron chi connectivity index (χ1n) is 6.03. The molecule has 90 valence electrons. The molecule has 0 aliphatic carbocycles. The smallest absolute Gasteiger partial charge is 0.225 e. The molecule has 3 N–H and O–H groups in total. The molecule has 0 aromatic carbocycles. The Balaban J connectivity index is 1.76. The largest absolute Gasteiger partial charge is 0.355 e. The van der Waals surface area contributed by atoms with Gasteiger partial charge in [-0.1, -0.05) is 0 Å². The molecule has 1 unspecified atom stereocenters. The zero-order valence-corrected chi connectivity index (χ0v) is 9.42. The predicted octanol–water partition coefficient (Wildman–Crippen LogP) is -0.619. The van der Waals surface area contributed by atoms with Gasteiger partial charge in [0.15, 0.2) is 0 Å². The number of piperidine rings is 2. The summed E-state index contributed by atoms with van der Waals surface area (Å²) in [4.78, 5) is 22.9. The molecule has 2 aliphatic heterocycles. The maximum atomic E-state index is 11.9. The van der Waals surface area contributed by atoms with Crippen molar-refractivity contribution < 1.29 is 9.59 Å². The minimum Gasteiger partial charge on any atom is -0.355 e. The molecule has 16 heavy (non-hydrogen) atoms. The minimum absolute atomic E-state index is 0.0420. The Morgan fingerprint density at radius 1 is 1.31 bits per heavy atom. The Morgan fingerprint density at radius 2 is 2.19 bits per heavy atom. The molecule has 0 bridgehead atoms. The number of nitrogens with one attached hydrogen (secondary N) is 3. The van der Waals surface area contributed by atoms with Gasteiger partial charge in [-0.3, -0.25) is 9.59 Å². The van der Waals surface area contributed by atoms with Gasteiger partial charge in [-0.2, -0.15) is 0 Å². The average Bonchev–Trinajstić information content (AvgIpc) is 2.31. The van der Waals surface area contributed by atoms with E-state index in [4.69, 9.17) is 0 Å². The van der Waals surface area contributed by atoms with Gasteiger partial charge in [0, 0.05) is 25.6 Å². The number of amides is 2. The molecular weight excluding hydrogens is 206 g/mol. The van der Waals surface area contributed by atoms with E-state index >= 15 is 0 Å². The highest BCUT2D eigenvalue weighted by Gasteiger charge is 2.26. The maximum Gasteiger partial charge on any atom is 0.225 e. The first-order valence-corrected chi connectivity index (χ1v) is 6.03. The second-order valence-corrected chi connectivity index (χ2v) is 4.59. The fourth-order valence-electron chi connectivity index (χ4n) is 2.25. The van der Waals surface area contributed by atoms with Crippen LogP contribution in [0.5, 0.6) is 0 Å². The minimum atomic E-state index is -0.0420. The van der Waals surface area contributed by atoms with E-state index in [0.29, 0.717) is 19.4 Å². The van der Waals surface area contributed by atoms with Crippen LogP contribution in [0.25, 0.3) is 0 Å². The summed E-state index contributed by atoms with van der Waals surface area (Å²) >= 11 is 0. The molecule has 5 heteroatoms. The van der Waals surface area contributed by atoms with E-state index in [0.717, 1.165) is 25.9 Å². The summed E-state index contributed by atoms with van der Waals surface area (Å²) in [6.07, 6.45) is 3.32. The third kappa shape index (κ3) is 2.95. The van der Waals surface area contributed by atoms with Crippen molar-refractivity contribution in [3.05, 3.63) is 0 Å². The predicted molar refractivity (Wildman–Crippen MR) is 59.8 cm³/mol. The molecule has 2 fully saturated rings. The summed E-state index contributed by atoms with van der Waals surface area (Å²) in [5.41, 5.74) is 0. The maximum absolute atomic E-state index is 11.9. The van der Waals surface area contributed by atoms with Crippen molar-refractivity contribution in [2.45, 2.75) is 31.7 Å². The molecule has 2 aliphatic rings. The van der Waals surface area contributed by atoms with Crippen LogP contribution in [0.3, 0.4) is 0 Å². The number of hydrogen-bond acceptors (Lipinski definition) is 3. The first kappa shape index (κ1) is 11.4. The highest BCUT2D eigenvalue weighted by molar-refractivity contribution is 5.83. The van der Waals surface area contributed by atoms with Gasteiger partial charge in [-0.25, -0.2) is 0 Å². The van der Waals surface area contributed by atoms with Gasteiger partial charge in [-0.05, 0) is 25.8 Å². The molecule has 0 spiro atoms. The molecule has 2 amide bonds. The number of hydrogen-bond donors (Lipinski definition) is 3. The van der Waals surface area contributed by atoms with Crippen LogP contribution in [0.1, 0.15) is 25.7 Å². The molecule has 0 aromatic rings. The summed E-state index contributed by atoms with van der Waals surface area (Å²) in [6.45, 7) is 2.40. The summed E-state index contributed by atoms with van der Waals surface area (Å²) in [5, 5.41) is 9.05. The number of rotatable bonds is 2. The van der Waals surface area contributed by atoms with Crippen LogP contribution < -0.4 is 16.0 Å². The van der Waals surface area contributed by atoms with E-state index < -0.39 is 0 Å². The van der Waals surface area contributed by atoms with Gasteiger partial charge in [-0.15, -0.1) is 0 Å². The molecule has 5 nitrogen and oxygen atoms in total. The SMILES string of the molecule is O=C1CCC(C(=O)N[C@@H]2CCCNC2)CN1. The normalized spacial score (nSPS) is 30.6. The van der Waals surface area contributed by atoms with Crippen molar-refractivity contribution in [2.75, 3.05) is 19.6 Å². The molecule has 0 radical (unpaired) electrons. The molecule has 0 aromatic heterocycles. The highest BCUT2D eigenvalue weighted by atomic mass is 16.2. The molecule has 2 rings (SSSR count). The van der Waals surface area contributed by atoms with Gasteiger partial charge in [0.1, 0.15) is 0 Å². The Labute approximate surface area is 95.3 Å². The van der Waals surface area contributed by atoms with E-state index in [1.54, 1.807) is 0 Å². The lowest BCUT2D eigenvalue weighted by molar-refractivity contribution is -0.129. The van der Waals surface area contributed by atoms with Crippen LogP contribution in [0, 0.1) is 5.92 Å². The summed E-state index contributed by atoms with van der Waals surface area (Å²) < 4.78 is 0. The Kier molecular flexibility index (Phi) is 3.77. The third-order valence-electron chi connectivity index (χ3n) is 3.28. The zero-order chi connectivity index (χ0) is 11.4. The van der Waals surface area contributed by atoms with Gasteiger partial charge in [0.05, 0.1) is 5.92 Å². The van der Waals surface area contributed by atoms with E-state index in [-0.39, 0.29) is 23.8 Å². The van der Waals surface area contributed by atoms with Crippen molar-refractivity contribution in [1.82, 2.24) is 16.0 Å². The standard InChI is InChI=1S/C11H19N3O2/c15-10-4-3-8(6-13-10)11(16)14-9-2-1-5-12-7-9/h8-9,12H,1-7H2,(H,13,15)(H,14,16)/t8?,9-/m1/s1. The van der Waals surface area contributed by atoms with Crippen molar-refractivity contribution >= 4 is 11.8 Å². The van der Waals surface area contributed by atoms with Crippen LogP contribution in [-0.2, 0) is 9.59 Å². The van der Waals surface area contributed by atoms with E-state index in [9.17, 15) is 9.59 Å². The lowest BCUT2D eigenvalue weighted by Crippen LogP contribution is -2.50. The van der Waals surface area contributed by atoms with Crippen LogP contribution in [0.15, 0.2) is 0 Å². The molecule has 0 saturated carbocycles. The second kappa shape index (κ2) is 5.30. The van der Waals surface area contributed by atoms with Gasteiger partial charge in [0.25, 0.3) is 0 Å². The summed E-state index contributed by atoms with van der Waals surface area (Å²) in [7, 11) is 0. The molecule has 2 saturated heterocycles. The zero-order valence-electron chi connectivity index (χ0n) is 9.42. The average molecular weight is 225 g/mol. The lowest BCUT2D eigenvalue weighted by atomic mass is 9.97.